The van der Waals surface area contributed by atoms with Gasteiger partial charge in [-0.05, 0) is 47.9 Å². The molecule has 21 heavy (non-hydrogen) atoms. The minimum atomic E-state index is 0.313. The number of nitrogens with zero attached hydrogens (tertiary/aromatic N) is 4. The normalized spacial score (nSPS) is 12.3. The molecule has 0 unspecified atom stereocenters. The molecule has 3 rings (SSSR count). The van der Waals surface area contributed by atoms with Gasteiger partial charge in [0.25, 0.3) is 0 Å². The van der Waals surface area contributed by atoms with Crippen molar-refractivity contribution in [3.8, 4) is 11.5 Å². The molecule has 3 aromatic rings. The molecule has 0 bridgehead atoms. The van der Waals surface area contributed by atoms with Crippen molar-refractivity contribution in [2.45, 2.75) is 19.4 Å². The molecular weight excluding hydrogens is 282 g/mol. The lowest BCUT2D eigenvalue weighted by Gasteiger charge is -2.13. The summed E-state index contributed by atoms with van der Waals surface area (Å²) in [6, 6.07) is 6.35. The van der Waals surface area contributed by atoms with Crippen molar-refractivity contribution in [1.82, 2.24) is 19.7 Å². The number of aromatic nitrogens is 4. The van der Waals surface area contributed by atoms with E-state index in [2.05, 4.69) is 44.2 Å². The van der Waals surface area contributed by atoms with Crippen LogP contribution in [0, 0.1) is 0 Å². The summed E-state index contributed by atoms with van der Waals surface area (Å²) in [5.74, 6) is 1.61. The van der Waals surface area contributed by atoms with Gasteiger partial charge in [-0.25, -0.2) is 4.98 Å². The molecule has 0 aliphatic rings. The van der Waals surface area contributed by atoms with Crippen LogP contribution < -0.4 is 5.32 Å². The lowest BCUT2D eigenvalue weighted by Crippen LogP contribution is -2.18. The maximum Gasteiger partial charge on any atom is 0.160 e. The van der Waals surface area contributed by atoms with Crippen LogP contribution in [0.3, 0.4) is 0 Å². The predicted molar refractivity (Wildman–Crippen MR) is 85.3 cm³/mol. The molecule has 3 heterocycles. The minimum Gasteiger partial charge on any atom is -0.366 e. The van der Waals surface area contributed by atoms with Crippen molar-refractivity contribution in [2.75, 3.05) is 5.32 Å². The van der Waals surface area contributed by atoms with Crippen LogP contribution in [0.4, 0.5) is 5.82 Å². The number of aryl methyl sites for hydroxylation is 1. The summed E-state index contributed by atoms with van der Waals surface area (Å²) < 4.78 is 1.93. The third kappa shape index (κ3) is 3.28. The zero-order valence-corrected chi connectivity index (χ0v) is 12.8. The summed E-state index contributed by atoms with van der Waals surface area (Å²) in [6.07, 6.45) is 4.63. The van der Waals surface area contributed by atoms with Crippen LogP contribution in [0.25, 0.3) is 11.5 Å². The van der Waals surface area contributed by atoms with Crippen LogP contribution in [0.5, 0.6) is 0 Å². The van der Waals surface area contributed by atoms with Gasteiger partial charge in [0.2, 0.25) is 0 Å². The third-order valence-electron chi connectivity index (χ3n) is 3.23. The Morgan fingerprint density at radius 2 is 2.19 bits per heavy atom. The third-order valence-corrected chi connectivity index (χ3v) is 3.96. The van der Waals surface area contributed by atoms with Gasteiger partial charge in [-0.3, -0.25) is 0 Å². The highest BCUT2D eigenvalue weighted by Crippen LogP contribution is 2.15. The Balaban J connectivity index is 1.66. The summed E-state index contributed by atoms with van der Waals surface area (Å²) in [6.45, 7) is 2.14. The van der Waals surface area contributed by atoms with E-state index in [1.165, 1.54) is 5.56 Å². The van der Waals surface area contributed by atoms with E-state index in [9.17, 15) is 0 Å². The molecule has 0 fully saturated rings. The van der Waals surface area contributed by atoms with Crippen LogP contribution >= 0.6 is 11.3 Å². The SMILES string of the molecule is C[C@H](Cc1ccsc1)Nc1ccc(-c2nccn2C)nn1. The van der Waals surface area contributed by atoms with Crippen molar-refractivity contribution >= 4 is 17.2 Å². The first kappa shape index (κ1) is 13.8. The monoisotopic (exact) mass is 299 g/mol. The van der Waals surface area contributed by atoms with Gasteiger partial charge in [-0.1, -0.05) is 0 Å². The number of thiophene rings is 1. The highest BCUT2D eigenvalue weighted by atomic mass is 32.1. The molecule has 108 valence electrons. The molecule has 1 N–H and O–H groups in total. The Labute approximate surface area is 127 Å². The summed E-state index contributed by atoms with van der Waals surface area (Å²) in [5.41, 5.74) is 2.12. The lowest BCUT2D eigenvalue weighted by atomic mass is 10.1. The lowest BCUT2D eigenvalue weighted by molar-refractivity contribution is 0.781. The Kier molecular flexibility index (Phi) is 3.96. The number of rotatable bonds is 5. The van der Waals surface area contributed by atoms with Gasteiger partial charge in [0.1, 0.15) is 11.5 Å². The molecule has 0 aliphatic heterocycles. The summed E-state index contributed by atoms with van der Waals surface area (Å²) in [5, 5.41) is 16.1. The molecule has 0 spiro atoms. The first-order chi connectivity index (χ1) is 10.2. The Morgan fingerprint density at radius 3 is 2.81 bits per heavy atom. The topological polar surface area (TPSA) is 55.6 Å². The second-order valence-electron chi connectivity index (χ2n) is 5.05. The van der Waals surface area contributed by atoms with E-state index in [1.807, 2.05) is 29.9 Å². The fourth-order valence-corrected chi connectivity index (χ4v) is 2.89. The van der Waals surface area contributed by atoms with Crippen LogP contribution in [0.15, 0.2) is 41.4 Å². The quantitative estimate of drug-likeness (QED) is 0.787. The number of anilines is 1. The minimum absolute atomic E-state index is 0.313. The summed E-state index contributed by atoms with van der Waals surface area (Å²) in [7, 11) is 1.94. The molecule has 3 aromatic heterocycles. The van der Waals surface area contributed by atoms with Gasteiger partial charge in [0.15, 0.2) is 5.82 Å². The largest absolute Gasteiger partial charge is 0.366 e. The highest BCUT2D eigenvalue weighted by Gasteiger charge is 2.08. The molecule has 0 saturated heterocycles. The second kappa shape index (κ2) is 6.05. The van der Waals surface area contributed by atoms with Gasteiger partial charge < -0.3 is 9.88 Å². The van der Waals surface area contributed by atoms with E-state index in [4.69, 9.17) is 0 Å². The Bertz CT molecular complexity index is 687. The molecule has 0 aliphatic carbocycles. The first-order valence-electron chi connectivity index (χ1n) is 6.81. The van der Waals surface area contributed by atoms with Crippen molar-refractivity contribution < 1.29 is 0 Å². The van der Waals surface area contributed by atoms with Crippen molar-refractivity contribution in [1.29, 1.82) is 0 Å². The molecule has 5 nitrogen and oxygen atoms in total. The number of nitrogens with one attached hydrogen (secondary N) is 1. The Morgan fingerprint density at radius 1 is 1.29 bits per heavy atom. The fraction of sp³-hybridized carbons (Fsp3) is 0.267. The van der Waals surface area contributed by atoms with Gasteiger partial charge in [-0.15, -0.1) is 10.2 Å². The average molecular weight is 299 g/mol. The van der Waals surface area contributed by atoms with E-state index in [-0.39, 0.29) is 0 Å². The number of imidazole rings is 1. The van der Waals surface area contributed by atoms with E-state index >= 15 is 0 Å². The van der Waals surface area contributed by atoms with Crippen LogP contribution in [0.1, 0.15) is 12.5 Å². The van der Waals surface area contributed by atoms with Crippen LogP contribution in [-0.4, -0.2) is 25.8 Å². The fourth-order valence-electron chi connectivity index (χ4n) is 2.21. The molecular formula is C15H17N5S. The second-order valence-corrected chi connectivity index (χ2v) is 5.83. The van der Waals surface area contributed by atoms with Gasteiger partial charge in [0.05, 0.1) is 0 Å². The van der Waals surface area contributed by atoms with E-state index < -0.39 is 0 Å². The number of hydrogen-bond donors (Lipinski definition) is 1. The van der Waals surface area contributed by atoms with Gasteiger partial charge in [-0.2, -0.15) is 11.3 Å². The zero-order chi connectivity index (χ0) is 14.7. The summed E-state index contributed by atoms with van der Waals surface area (Å²) >= 11 is 1.72. The van der Waals surface area contributed by atoms with Gasteiger partial charge in [0, 0.05) is 25.5 Å². The molecule has 1 atom stereocenters. The zero-order valence-electron chi connectivity index (χ0n) is 12.0. The predicted octanol–water partition coefficient (Wildman–Crippen LogP) is 2.98. The van der Waals surface area contributed by atoms with E-state index in [0.29, 0.717) is 6.04 Å². The maximum absolute atomic E-state index is 4.27. The van der Waals surface area contributed by atoms with Crippen LogP contribution in [-0.2, 0) is 13.5 Å². The smallest absolute Gasteiger partial charge is 0.160 e. The molecule has 6 heteroatoms. The average Bonchev–Trinajstić information content (AvgIpc) is 3.11. The van der Waals surface area contributed by atoms with Crippen LogP contribution in [0.2, 0.25) is 0 Å². The van der Waals surface area contributed by atoms with E-state index in [0.717, 1.165) is 23.8 Å². The van der Waals surface area contributed by atoms with Crippen molar-refractivity contribution in [2.24, 2.45) is 7.05 Å². The standard InChI is InChI=1S/C15H17N5S/c1-11(9-12-5-8-21-10-12)17-14-4-3-13(18-19-14)15-16-6-7-20(15)2/h3-8,10-11H,9H2,1-2H3,(H,17,19)/t11-/m1/s1. The number of hydrogen-bond acceptors (Lipinski definition) is 5. The first-order valence-corrected chi connectivity index (χ1v) is 7.75. The highest BCUT2D eigenvalue weighted by molar-refractivity contribution is 7.07. The molecule has 0 saturated carbocycles. The maximum atomic E-state index is 4.27. The summed E-state index contributed by atoms with van der Waals surface area (Å²) in [4.78, 5) is 4.27. The molecule has 0 amide bonds. The van der Waals surface area contributed by atoms with E-state index in [1.54, 1.807) is 17.5 Å². The van der Waals surface area contributed by atoms with Gasteiger partial charge >= 0.3 is 0 Å². The van der Waals surface area contributed by atoms with Crippen molar-refractivity contribution in [3.63, 3.8) is 0 Å². The molecule has 0 aromatic carbocycles. The molecule has 0 radical (unpaired) electrons. The Hall–Kier alpha value is -2.21. The van der Waals surface area contributed by atoms with Crippen molar-refractivity contribution in [3.05, 3.63) is 46.9 Å².